The summed E-state index contributed by atoms with van der Waals surface area (Å²) in [6.07, 6.45) is 0. The molecule has 0 N–H and O–H groups in total. The topological polar surface area (TPSA) is 29.0 Å². The van der Waals surface area contributed by atoms with Crippen LogP contribution in [0.2, 0.25) is 0 Å². The summed E-state index contributed by atoms with van der Waals surface area (Å²) in [5.74, 6) is 0. The molecule has 0 fully saturated rings. The first kappa shape index (κ1) is 32.3. The molecule has 0 unspecified atom stereocenters. The molecular formula is C52H35N3. The van der Waals surface area contributed by atoms with Crippen LogP contribution in [-0.2, 0) is 0 Å². The van der Waals surface area contributed by atoms with E-state index in [0.29, 0.717) is 0 Å². The van der Waals surface area contributed by atoms with Gasteiger partial charge < -0.3 is 4.90 Å². The fourth-order valence-corrected chi connectivity index (χ4v) is 7.86. The van der Waals surface area contributed by atoms with E-state index in [9.17, 15) is 0 Å². The Balaban J connectivity index is 1.28. The molecule has 0 aliphatic carbocycles. The minimum absolute atomic E-state index is 0.938. The Morgan fingerprint density at radius 3 is 1.44 bits per heavy atom. The lowest BCUT2D eigenvalue weighted by atomic mass is 9.89. The van der Waals surface area contributed by atoms with Crippen LogP contribution in [0.5, 0.6) is 0 Å². The summed E-state index contributed by atoms with van der Waals surface area (Å²) in [6.45, 7) is 0. The fourth-order valence-electron chi connectivity index (χ4n) is 7.86. The SMILES string of the molecule is c1ccc(-c2cc(-c3cccc4ccc5c(-c6ccccc6)nc6cc(N(c7ccccc7)c7ccccc7)ccc6c5c34)cc(-c3ccccc3)n2)cc1. The number of fused-ring (bicyclic) bond motifs is 5. The quantitative estimate of drug-likeness (QED) is 0.155. The van der Waals surface area contributed by atoms with Gasteiger partial charge in [-0.25, -0.2) is 9.97 Å². The van der Waals surface area contributed by atoms with Gasteiger partial charge in [-0.1, -0.05) is 164 Å². The molecule has 0 amide bonds. The zero-order chi connectivity index (χ0) is 36.6. The van der Waals surface area contributed by atoms with Crippen LogP contribution in [0.1, 0.15) is 0 Å². The number of rotatable bonds is 7. The van der Waals surface area contributed by atoms with Gasteiger partial charge in [-0.05, 0) is 70.4 Å². The van der Waals surface area contributed by atoms with Gasteiger partial charge in [0.25, 0.3) is 0 Å². The third-order valence-corrected chi connectivity index (χ3v) is 10.4. The zero-order valence-electron chi connectivity index (χ0n) is 30.0. The van der Waals surface area contributed by atoms with Crippen molar-refractivity contribution in [1.29, 1.82) is 0 Å². The minimum atomic E-state index is 0.938. The molecule has 3 heteroatoms. The van der Waals surface area contributed by atoms with Crippen LogP contribution in [0.3, 0.4) is 0 Å². The second-order valence-electron chi connectivity index (χ2n) is 13.8. The van der Waals surface area contributed by atoms with Crippen molar-refractivity contribution in [2.45, 2.75) is 0 Å². The first-order valence-corrected chi connectivity index (χ1v) is 18.7. The predicted octanol–water partition coefficient (Wildman–Crippen LogP) is 14.1. The normalized spacial score (nSPS) is 11.3. The minimum Gasteiger partial charge on any atom is -0.310 e. The van der Waals surface area contributed by atoms with Crippen molar-refractivity contribution >= 4 is 49.5 Å². The molecule has 0 bridgehead atoms. The van der Waals surface area contributed by atoms with Crippen LogP contribution < -0.4 is 4.90 Å². The van der Waals surface area contributed by atoms with Gasteiger partial charge in [-0.3, -0.25) is 0 Å². The van der Waals surface area contributed by atoms with Crippen molar-refractivity contribution in [3.63, 3.8) is 0 Å². The average Bonchev–Trinajstić information content (AvgIpc) is 3.27. The summed E-state index contributed by atoms with van der Waals surface area (Å²) in [6, 6.07) is 75.0. The van der Waals surface area contributed by atoms with E-state index >= 15 is 0 Å². The van der Waals surface area contributed by atoms with Gasteiger partial charge in [0.1, 0.15) is 0 Å². The van der Waals surface area contributed by atoms with Crippen LogP contribution in [0.25, 0.3) is 77.3 Å². The highest BCUT2D eigenvalue weighted by Gasteiger charge is 2.19. The van der Waals surface area contributed by atoms with Crippen LogP contribution >= 0.6 is 0 Å². The van der Waals surface area contributed by atoms with E-state index in [-0.39, 0.29) is 0 Å². The highest BCUT2D eigenvalue weighted by atomic mass is 15.1. The van der Waals surface area contributed by atoms with Gasteiger partial charge in [0.2, 0.25) is 0 Å². The number of hydrogen-bond donors (Lipinski definition) is 0. The summed E-state index contributed by atoms with van der Waals surface area (Å²) < 4.78 is 0. The highest BCUT2D eigenvalue weighted by Crippen LogP contribution is 2.44. The first-order chi connectivity index (χ1) is 27.3. The monoisotopic (exact) mass is 701 g/mol. The van der Waals surface area contributed by atoms with Gasteiger partial charge in [0.15, 0.2) is 0 Å². The molecule has 2 heterocycles. The number of aromatic nitrogens is 2. The van der Waals surface area contributed by atoms with Crippen molar-refractivity contribution < 1.29 is 0 Å². The first-order valence-electron chi connectivity index (χ1n) is 18.7. The number of pyridine rings is 2. The molecule has 0 saturated heterocycles. The predicted molar refractivity (Wildman–Crippen MR) is 231 cm³/mol. The molecule has 0 radical (unpaired) electrons. The van der Waals surface area contributed by atoms with Gasteiger partial charge >= 0.3 is 0 Å². The largest absolute Gasteiger partial charge is 0.310 e. The smallest absolute Gasteiger partial charge is 0.0788 e. The number of nitrogens with zero attached hydrogens (tertiary/aromatic N) is 3. The number of anilines is 3. The summed E-state index contributed by atoms with van der Waals surface area (Å²) >= 11 is 0. The Bertz CT molecular complexity index is 2850. The Morgan fingerprint density at radius 1 is 0.327 bits per heavy atom. The third kappa shape index (κ3) is 5.98. The maximum atomic E-state index is 5.48. The lowest BCUT2D eigenvalue weighted by Crippen LogP contribution is -2.09. The van der Waals surface area contributed by atoms with Crippen molar-refractivity contribution in [2.24, 2.45) is 0 Å². The molecule has 2 aromatic heterocycles. The van der Waals surface area contributed by atoms with Crippen molar-refractivity contribution in [3.05, 3.63) is 212 Å². The molecule has 55 heavy (non-hydrogen) atoms. The van der Waals surface area contributed by atoms with Gasteiger partial charge in [-0.15, -0.1) is 0 Å². The van der Waals surface area contributed by atoms with Crippen LogP contribution in [0, 0.1) is 0 Å². The lowest BCUT2D eigenvalue weighted by molar-refractivity contribution is 1.28. The zero-order valence-corrected chi connectivity index (χ0v) is 30.0. The molecule has 0 spiro atoms. The van der Waals surface area contributed by atoms with Crippen LogP contribution in [0.15, 0.2) is 212 Å². The molecule has 258 valence electrons. The van der Waals surface area contributed by atoms with Gasteiger partial charge in [-0.2, -0.15) is 0 Å². The summed E-state index contributed by atoms with van der Waals surface area (Å²) in [4.78, 5) is 13.0. The van der Waals surface area contributed by atoms with E-state index in [1.807, 2.05) is 0 Å². The fraction of sp³-hybridized carbons (Fsp3) is 0. The van der Waals surface area contributed by atoms with E-state index in [2.05, 4.69) is 217 Å². The Kier molecular flexibility index (Phi) is 8.16. The molecule has 10 aromatic rings. The number of benzene rings is 8. The Hall–Kier alpha value is -7.36. The van der Waals surface area contributed by atoms with Gasteiger partial charge in [0.05, 0.1) is 22.6 Å². The van der Waals surface area contributed by atoms with Crippen molar-refractivity contribution in [1.82, 2.24) is 9.97 Å². The maximum Gasteiger partial charge on any atom is 0.0788 e. The Morgan fingerprint density at radius 2 is 0.855 bits per heavy atom. The highest BCUT2D eigenvalue weighted by molar-refractivity contribution is 6.26. The number of hydrogen-bond acceptors (Lipinski definition) is 3. The van der Waals surface area contributed by atoms with Crippen molar-refractivity contribution in [2.75, 3.05) is 4.90 Å². The lowest BCUT2D eigenvalue weighted by Gasteiger charge is -2.26. The molecule has 3 nitrogen and oxygen atoms in total. The summed E-state index contributed by atoms with van der Waals surface area (Å²) in [5, 5.41) is 5.79. The second-order valence-corrected chi connectivity index (χ2v) is 13.8. The van der Waals surface area contributed by atoms with Crippen LogP contribution in [-0.4, -0.2) is 9.97 Å². The molecule has 8 aromatic carbocycles. The summed E-state index contributed by atoms with van der Waals surface area (Å²) in [7, 11) is 0. The third-order valence-electron chi connectivity index (χ3n) is 10.4. The van der Waals surface area contributed by atoms with E-state index < -0.39 is 0 Å². The maximum absolute atomic E-state index is 5.48. The van der Waals surface area contributed by atoms with Crippen LogP contribution in [0.4, 0.5) is 17.1 Å². The molecular weight excluding hydrogens is 667 g/mol. The summed E-state index contributed by atoms with van der Waals surface area (Å²) in [5.41, 5.74) is 12.5. The number of para-hydroxylation sites is 2. The van der Waals surface area contributed by atoms with E-state index in [4.69, 9.17) is 9.97 Å². The van der Waals surface area contributed by atoms with Gasteiger partial charge in [0, 0.05) is 49.9 Å². The Labute approximate surface area is 320 Å². The molecule has 0 aliphatic rings. The molecule has 0 atom stereocenters. The average molecular weight is 702 g/mol. The molecule has 0 saturated carbocycles. The molecule has 10 rings (SSSR count). The van der Waals surface area contributed by atoms with E-state index in [1.165, 1.54) is 16.2 Å². The second kappa shape index (κ2) is 13.9. The van der Waals surface area contributed by atoms with E-state index in [1.54, 1.807) is 0 Å². The standard InChI is InChI=1S/C52H35N3/c1-6-17-36(18-7-1)47-33-40(34-48(53-47)37-19-8-2-9-20-37)44-28-16-23-38-29-31-46-51(50(38)44)45-32-30-43(35-49(45)54-52(46)39-21-10-3-11-22-39)55(41-24-12-4-13-25-41)42-26-14-5-15-27-42/h1-35H. The van der Waals surface area contributed by atoms with Crippen molar-refractivity contribution in [3.8, 4) is 44.9 Å². The molecule has 0 aliphatic heterocycles. The van der Waals surface area contributed by atoms with E-state index in [0.717, 1.165) is 78.3 Å².